The van der Waals surface area contributed by atoms with Crippen molar-refractivity contribution in [2.75, 3.05) is 0 Å². The molecule has 0 N–H and O–H groups in total. The lowest BCUT2D eigenvalue weighted by atomic mass is 9.89. The number of ether oxygens (including phenoxy) is 1. The topological polar surface area (TPSA) is 27.1 Å². The van der Waals surface area contributed by atoms with Gasteiger partial charge in [0.05, 0.1) is 15.6 Å². The molecule has 1 aromatic heterocycles. The Kier molecular flexibility index (Phi) is 6.72. The lowest BCUT2D eigenvalue weighted by Gasteiger charge is -2.18. The smallest absolute Gasteiger partial charge is 0.302 e. The molecule has 3 rings (SSSR count). The normalized spacial score (nSPS) is 11.5. The van der Waals surface area contributed by atoms with E-state index < -0.39 is 0 Å². The molecule has 3 aromatic rings. The molecule has 0 amide bonds. The number of rotatable bonds is 7. The fraction of sp³-hybridized carbons (Fsp3) is 0.381. The van der Waals surface area contributed by atoms with E-state index in [0.717, 1.165) is 41.2 Å². The van der Waals surface area contributed by atoms with Crippen LogP contribution in [0.3, 0.4) is 0 Å². The second-order valence-electron chi connectivity index (χ2n) is 6.74. The van der Waals surface area contributed by atoms with E-state index in [1.54, 1.807) is 6.07 Å². The molecule has 0 aliphatic carbocycles. The number of aromatic nitrogens is 2. The molecule has 3 nitrogen and oxygen atoms in total. The predicted octanol–water partition coefficient (Wildman–Crippen LogP) is 8.12. The minimum atomic E-state index is 0.482. The van der Waals surface area contributed by atoms with Crippen LogP contribution >= 0.6 is 39.1 Å². The van der Waals surface area contributed by atoms with Gasteiger partial charge in [0.1, 0.15) is 11.3 Å². The van der Waals surface area contributed by atoms with Crippen LogP contribution in [0.2, 0.25) is 10.0 Å². The van der Waals surface area contributed by atoms with Gasteiger partial charge in [-0.15, -0.1) is 0 Å². The lowest BCUT2D eigenvalue weighted by molar-refractivity contribution is 0.427. The molecule has 0 saturated heterocycles. The summed E-state index contributed by atoms with van der Waals surface area (Å²) in [5.41, 5.74) is 3.10. The van der Waals surface area contributed by atoms with E-state index in [0.29, 0.717) is 27.7 Å². The van der Waals surface area contributed by atoms with Gasteiger partial charge in [0.2, 0.25) is 0 Å². The van der Waals surface area contributed by atoms with Crippen LogP contribution in [0.25, 0.3) is 11.0 Å². The Morgan fingerprint density at radius 3 is 2.41 bits per heavy atom. The van der Waals surface area contributed by atoms with E-state index in [1.807, 2.05) is 29.8 Å². The summed E-state index contributed by atoms with van der Waals surface area (Å²) in [6.07, 6.45) is 4.57. The number of benzene rings is 2. The van der Waals surface area contributed by atoms with E-state index in [9.17, 15) is 0 Å². The quantitative estimate of drug-likeness (QED) is 0.349. The van der Waals surface area contributed by atoms with E-state index >= 15 is 0 Å². The summed E-state index contributed by atoms with van der Waals surface area (Å²) in [4.78, 5) is 4.67. The third-order valence-corrected chi connectivity index (χ3v) is 5.87. The summed E-state index contributed by atoms with van der Waals surface area (Å²) < 4.78 is 8.91. The van der Waals surface area contributed by atoms with Crippen molar-refractivity contribution in [3.05, 3.63) is 50.4 Å². The molecule has 6 heteroatoms. The second kappa shape index (κ2) is 8.85. The van der Waals surface area contributed by atoms with Crippen molar-refractivity contribution in [1.29, 1.82) is 0 Å². The molecule has 0 aliphatic rings. The molecule has 0 saturated carbocycles. The highest BCUT2D eigenvalue weighted by atomic mass is 79.9. The molecule has 144 valence electrons. The van der Waals surface area contributed by atoms with Crippen molar-refractivity contribution in [2.24, 2.45) is 7.05 Å². The van der Waals surface area contributed by atoms with Gasteiger partial charge in [0.15, 0.2) is 0 Å². The Bertz CT molecular complexity index is 949. The zero-order valence-corrected chi connectivity index (χ0v) is 18.8. The third-order valence-electron chi connectivity index (χ3n) is 4.77. The summed E-state index contributed by atoms with van der Waals surface area (Å²) in [6, 6.07) is 10.1. The molecule has 0 spiro atoms. The molecule has 0 radical (unpaired) electrons. The Morgan fingerprint density at radius 1 is 1.07 bits per heavy atom. The summed E-state index contributed by atoms with van der Waals surface area (Å²) in [6.45, 7) is 4.45. The number of halogens is 3. The van der Waals surface area contributed by atoms with Gasteiger partial charge in [0.25, 0.3) is 0 Å². The van der Waals surface area contributed by atoms with Crippen molar-refractivity contribution >= 4 is 50.2 Å². The highest BCUT2D eigenvalue weighted by molar-refractivity contribution is 9.10. The van der Waals surface area contributed by atoms with Crippen molar-refractivity contribution in [2.45, 2.75) is 45.4 Å². The largest absolute Gasteiger partial charge is 0.424 e. The summed E-state index contributed by atoms with van der Waals surface area (Å²) >= 11 is 16.2. The summed E-state index contributed by atoms with van der Waals surface area (Å²) in [7, 11) is 1.96. The van der Waals surface area contributed by atoms with Gasteiger partial charge >= 0.3 is 6.01 Å². The van der Waals surface area contributed by atoms with Crippen molar-refractivity contribution in [3.8, 4) is 11.8 Å². The van der Waals surface area contributed by atoms with Crippen LogP contribution in [0.4, 0.5) is 0 Å². The van der Waals surface area contributed by atoms with Crippen LogP contribution < -0.4 is 4.74 Å². The molecular weight excluding hydrogens is 447 g/mol. The summed E-state index contributed by atoms with van der Waals surface area (Å²) in [5.74, 6) is 1.05. The first-order valence-electron chi connectivity index (χ1n) is 9.23. The van der Waals surface area contributed by atoms with E-state index in [4.69, 9.17) is 27.9 Å². The van der Waals surface area contributed by atoms with Crippen molar-refractivity contribution in [3.63, 3.8) is 0 Å². The summed E-state index contributed by atoms with van der Waals surface area (Å²) in [5, 5.41) is 1.16. The van der Waals surface area contributed by atoms with Gasteiger partial charge in [-0.2, -0.15) is 4.98 Å². The van der Waals surface area contributed by atoms with Crippen molar-refractivity contribution in [1.82, 2.24) is 9.55 Å². The zero-order chi connectivity index (χ0) is 19.6. The maximum Gasteiger partial charge on any atom is 0.302 e. The standard InChI is InChI=1S/C21H23BrCl2N2O/c1-4-6-13(7-5-2)15-9-10-16(23)19-20(15)26(3)21(25-19)27-18-11-8-14(22)12-17(18)24/h8-13H,4-7H2,1-3H3. The Hall–Kier alpha value is -1.23. The minimum absolute atomic E-state index is 0.482. The number of imidazole rings is 1. The molecule has 0 unspecified atom stereocenters. The van der Waals surface area contributed by atoms with Gasteiger partial charge in [-0.1, -0.05) is 71.9 Å². The monoisotopic (exact) mass is 468 g/mol. The van der Waals surface area contributed by atoms with Crippen LogP contribution in [0, 0.1) is 0 Å². The zero-order valence-electron chi connectivity index (χ0n) is 15.7. The maximum atomic E-state index is 6.46. The first kappa shape index (κ1) is 20.5. The number of fused-ring (bicyclic) bond motifs is 1. The Balaban J connectivity index is 2.10. The average Bonchev–Trinajstić information content (AvgIpc) is 2.96. The van der Waals surface area contributed by atoms with Gasteiger partial charge in [0, 0.05) is 11.5 Å². The Morgan fingerprint density at radius 2 is 1.78 bits per heavy atom. The van der Waals surface area contributed by atoms with Crippen LogP contribution in [0.1, 0.15) is 51.0 Å². The van der Waals surface area contributed by atoms with Gasteiger partial charge in [-0.25, -0.2) is 0 Å². The third kappa shape index (κ3) is 4.28. The Labute approximate surface area is 178 Å². The second-order valence-corrected chi connectivity index (χ2v) is 8.47. The molecule has 0 fully saturated rings. The van der Waals surface area contributed by atoms with Crippen LogP contribution in [-0.4, -0.2) is 9.55 Å². The van der Waals surface area contributed by atoms with Gasteiger partial charge in [-0.05, 0) is 48.6 Å². The minimum Gasteiger partial charge on any atom is -0.424 e. The first-order chi connectivity index (χ1) is 13.0. The number of aryl methyl sites for hydroxylation is 1. The molecule has 1 heterocycles. The predicted molar refractivity (Wildman–Crippen MR) is 118 cm³/mol. The first-order valence-corrected chi connectivity index (χ1v) is 10.8. The number of hydrogen-bond acceptors (Lipinski definition) is 2. The number of hydrogen-bond donors (Lipinski definition) is 0. The lowest BCUT2D eigenvalue weighted by Crippen LogP contribution is -2.03. The number of nitrogens with zero attached hydrogens (tertiary/aromatic N) is 2. The SMILES string of the molecule is CCCC(CCC)c1ccc(Cl)c2nc(Oc3ccc(Br)cc3Cl)n(C)c12. The average molecular weight is 470 g/mol. The van der Waals surface area contributed by atoms with Gasteiger partial charge in [-0.3, -0.25) is 4.57 Å². The molecule has 2 aromatic carbocycles. The molecule has 0 bridgehead atoms. The highest BCUT2D eigenvalue weighted by Crippen LogP contribution is 2.38. The molecule has 0 atom stereocenters. The van der Waals surface area contributed by atoms with Crippen LogP contribution in [0.5, 0.6) is 11.8 Å². The molecule has 0 aliphatic heterocycles. The molecule has 27 heavy (non-hydrogen) atoms. The fourth-order valence-electron chi connectivity index (χ4n) is 3.53. The van der Waals surface area contributed by atoms with Crippen LogP contribution in [0.15, 0.2) is 34.8 Å². The fourth-order valence-corrected chi connectivity index (χ4v) is 4.43. The van der Waals surface area contributed by atoms with E-state index in [1.165, 1.54) is 5.56 Å². The van der Waals surface area contributed by atoms with Crippen molar-refractivity contribution < 1.29 is 4.74 Å². The van der Waals surface area contributed by atoms with Gasteiger partial charge < -0.3 is 4.74 Å². The van der Waals surface area contributed by atoms with E-state index in [2.05, 4.69) is 40.8 Å². The van der Waals surface area contributed by atoms with Crippen LogP contribution in [-0.2, 0) is 7.05 Å². The molecular formula is C21H23BrCl2N2O. The van der Waals surface area contributed by atoms with E-state index in [-0.39, 0.29) is 0 Å². The maximum absolute atomic E-state index is 6.46. The highest BCUT2D eigenvalue weighted by Gasteiger charge is 2.21.